The molecule has 142 valence electrons. The van der Waals surface area contributed by atoms with Crippen LogP contribution in [0.4, 0.5) is 0 Å². The monoisotopic (exact) mass is 395 g/mol. The molecule has 3 atom stereocenters. The predicted octanol–water partition coefficient (Wildman–Crippen LogP) is -0.928. The van der Waals surface area contributed by atoms with Crippen molar-refractivity contribution in [1.82, 2.24) is 9.03 Å². The molecule has 0 radical (unpaired) electrons. The lowest BCUT2D eigenvalue weighted by Gasteiger charge is -2.28. The highest BCUT2D eigenvalue weighted by Crippen LogP contribution is 2.23. The van der Waals surface area contributed by atoms with Crippen LogP contribution < -0.4 is 10.5 Å². The molecule has 0 aromatic heterocycles. The molecule has 0 spiro atoms. The van der Waals surface area contributed by atoms with E-state index in [0.29, 0.717) is 13.0 Å². The van der Waals surface area contributed by atoms with E-state index in [2.05, 4.69) is 4.72 Å². The highest BCUT2D eigenvalue weighted by molar-refractivity contribution is 7.96. The van der Waals surface area contributed by atoms with Crippen LogP contribution in [0.3, 0.4) is 0 Å². The Morgan fingerprint density at radius 2 is 2.12 bits per heavy atom. The highest BCUT2D eigenvalue weighted by atomic mass is 32.2. The third-order valence-corrected chi connectivity index (χ3v) is 5.85. The Labute approximate surface area is 151 Å². The van der Waals surface area contributed by atoms with Gasteiger partial charge in [0.2, 0.25) is 17.1 Å². The van der Waals surface area contributed by atoms with Crippen molar-refractivity contribution in [1.29, 1.82) is 0 Å². The van der Waals surface area contributed by atoms with Gasteiger partial charge in [0, 0.05) is 25.8 Å². The van der Waals surface area contributed by atoms with Gasteiger partial charge in [0.1, 0.15) is 5.54 Å². The summed E-state index contributed by atoms with van der Waals surface area (Å²) in [7, 11) is 0. The van der Waals surface area contributed by atoms with Crippen molar-refractivity contribution in [3.63, 3.8) is 0 Å². The molecule has 0 aliphatic carbocycles. The minimum atomic E-state index is -1.89. The normalized spacial score (nSPS) is 18.7. The second-order valence-corrected chi connectivity index (χ2v) is 8.10. The average Bonchev–Trinajstić information content (AvgIpc) is 2.50. The van der Waals surface area contributed by atoms with Gasteiger partial charge in [-0.3, -0.25) is 23.4 Å². The van der Waals surface area contributed by atoms with Crippen molar-refractivity contribution < 1.29 is 33.9 Å². The number of rotatable bonds is 11. The van der Waals surface area contributed by atoms with E-state index < -0.39 is 46.2 Å². The zero-order chi connectivity index (χ0) is 19.2. The number of carboxylic acids is 2. The van der Waals surface area contributed by atoms with Crippen molar-refractivity contribution in [3.05, 3.63) is 0 Å². The van der Waals surface area contributed by atoms with Crippen LogP contribution in [0.15, 0.2) is 0 Å². The van der Waals surface area contributed by atoms with E-state index in [9.17, 15) is 28.8 Å². The molecule has 1 rings (SSSR count). The fourth-order valence-corrected chi connectivity index (χ4v) is 3.59. The molecule has 12 heteroatoms. The fourth-order valence-electron chi connectivity index (χ4n) is 2.09. The largest absolute Gasteiger partial charge is 0.616 e. The van der Waals surface area contributed by atoms with Crippen LogP contribution >= 0.6 is 12.1 Å². The summed E-state index contributed by atoms with van der Waals surface area (Å²) in [6.45, 7) is 0.555. The van der Waals surface area contributed by atoms with Crippen LogP contribution in [-0.2, 0) is 30.4 Å². The van der Waals surface area contributed by atoms with Gasteiger partial charge in [-0.05, 0) is 24.0 Å². The molecule has 1 aliphatic rings. The van der Waals surface area contributed by atoms with Gasteiger partial charge in [0.15, 0.2) is 0 Å². The van der Waals surface area contributed by atoms with Crippen molar-refractivity contribution >= 4 is 47.1 Å². The Kier molecular flexibility index (Phi) is 7.99. The Balaban J connectivity index is 2.48. The zero-order valence-corrected chi connectivity index (χ0v) is 15.2. The number of amides is 2. The summed E-state index contributed by atoms with van der Waals surface area (Å²) in [4.78, 5) is 45.3. The first-order valence-corrected chi connectivity index (χ1v) is 9.80. The number of nitrogens with one attached hydrogen (secondary N) is 1. The smallest absolute Gasteiger partial charge is 0.357 e. The Morgan fingerprint density at radius 1 is 1.48 bits per heavy atom. The number of hydrogen-bond donors (Lipinski definition) is 4. The first-order chi connectivity index (χ1) is 11.6. The lowest BCUT2D eigenvalue weighted by molar-refractivity contribution is -0.145. The Morgan fingerprint density at radius 3 is 2.52 bits per heavy atom. The molecule has 1 fully saturated rings. The second-order valence-electron chi connectivity index (χ2n) is 5.71. The molecule has 1 heterocycles. The summed E-state index contributed by atoms with van der Waals surface area (Å²) < 4.78 is 15.3. The number of nitrogens with zero attached hydrogens (tertiary/aromatic N) is 1. The van der Waals surface area contributed by atoms with Gasteiger partial charge >= 0.3 is 11.9 Å². The maximum absolute atomic E-state index is 11.7. The number of aliphatic carboxylic acids is 2. The highest BCUT2D eigenvalue weighted by Gasteiger charge is 2.42. The van der Waals surface area contributed by atoms with E-state index in [1.54, 1.807) is 0 Å². The van der Waals surface area contributed by atoms with Crippen LogP contribution in [0.1, 0.15) is 32.1 Å². The van der Waals surface area contributed by atoms with Crippen molar-refractivity contribution in [2.45, 2.75) is 42.9 Å². The fraction of sp³-hybridized carbons (Fsp3) is 0.692. The molecule has 3 unspecified atom stereocenters. The number of nitrogens with two attached hydrogens (primary N) is 1. The SMILES string of the molecule is C[S+]([O-])C(CC(N)(CCCC(=O)NSN1CCC1=O)C(=O)O)C(=O)O. The molecule has 2 amide bonds. The maximum Gasteiger partial charge on any atom is 0.357 e. The van der Waals surface area contributed by atoms with E-state index in [1.165, 1.54) is 10.6 Å². The van der Waals surface area contributed by atoms with E-state index in [4.69, 9.17) is 10.8 Å². The van der Waals surface area contributed by atoms with Crippen LogP contribution in [0.25, 0.3) is 0 Å². The van der Waals surface area contributed by atoms with E-state index in [1.807, 2.05) is 0 Å². The summed E-state index contributed by atoms with van der Waals surface area (Å²) in [6.07, 6.45) is 1.03. The van der Waals surface area contributed by atoms with Crippen LogP contribution in [0.2, 0.25) is 0 Å². The number of carbonyl (C=O) groups excluding carboxylic acids is 2. The summed E-state index contributed by atoms with van der Waals surface area (Å²) in [5.41, 5.74) is 3.89. The summed E-state index contributed by atoms with van der Waals surface area (Å²) in [6, 6.07) is 0. The summed E-state index contributed by atoms with van der Waals surface area (Å²) in [5.74, 6) is -3.27. The summed E-state index contributed by atoms with van der Waals surface area (Å²) >= 11 is -0.899. The van der Waals surface area contributed by atoms with Crippen LogP contribution in [0, 0.1) is 0 Å². The van der Waals surface area contributed by atoms with Crippen molar-refractivity contribution in [2.24, 2.45) is 5.73 Å². The number of β-lactam (4-membered cyclic amide) rings is 1. The van der Waals surface area contributed by atoms with E-state index in [-0.39, 0.29) is 25.2 Å². The third-order valence-electron chi connectivity index (χ3n) is 3.76. The van der Waals surface area contributed by atoms with Crippen molar-refractivity contribution in [3.8, 4) is 0 Å². The molecule has 10 nitrogen and oxygen atoms in total. The van der Waals surface area contributed by atoms with E-state index >= 15 is 0 Å². The minimum Gasteiger partial charge on any atom is -0.616 e. The molecule has 0 aromatic carbocycles. The third kappa shape index (κ3) is 6.38. The maximum atomic E-state index is 11.7. The second kappa shape index (κ2) is 9.27. The Hall–Kier alpha value is -1.50. The predicted molar refractivity (Wildman–Crippen MR) is 90.6 cm³/mol. The van der Waals surface area contributed by atoms with Gasteiger partial charge in [0.05, 0.1) is 18.4 Å². The average molecular weight is 395 g/mol. The first-order valence-electron chi connectivity index (χ1n) is 7.40. The molecular weight excluding hydrogens is 374 g/mol. The van der Waals surface area contributed by atoms with Gasteiger partial charge in [-0.2, -0.15) is 0 Å². The van der Waals surface area contributed by atoms with Gasteiger partial charge in [0.25, 0.3) is 0 Å². The molecule has 0 saturated carbocycles. The van der Waals surface area contributed by atoms with E-state index in [0.717, 1.165) is 12.1 Å². The van der Waals surface area contributed by atoms with Gasteiger partial charge in [-0.15, -0.1) is 0 Å². The lowest BCUT2D eigenvalue weighted by atomic mass is 9.88. The number of hydrogen-bond acceptors (Lipinski definition) is 7. The molecule has 1 saturated heterocycles. The molecular formula is C13H21N3O7S2. The van der Waals surface area contributed by atoms with Crippen LogP contribution in [0.5, 0.6) is 0 Å². The number of carboxylic acid groups (broad SMARTS) is 2. The van der Waals surface area contributed by atoms with Crippen molar-refractivity contribution in [2.75, 3.05) is 12.8 Å². The number of carbonyl (C=O) groups is 4. The lowest BCUT2D eigenvalue weighted by Crippen LogP contribution is -2.52. The molecule has 0 aromatic rings. The molecule has 1 aliphatic heterocycles. The molecule has 5 N–H and O–H groups in total. The standard InChI is InChI=1S/C13H21N3O7S2/c1-25(23)8(11(19)20)7-13(14,12(21)22)5-2-3-9(17)15-24-16-6-4-10(16)18/h8H,2-7,14H2,1H3,(H,15,17)(H,19,20)(H,21,22). The molecule has 0 bridgehead atoms. The summed E-state index contributed by atoms with van der Waals surface area (Å²) in [5, 5.41) is 16.9. The first kappa shape index (κ1) is 21.5. The zero-order valence-electron chi connectivity index (χ0n) is 13.6. The van der Waals surface area contributed by atoms with Gasteiger partial charge in [-0.25, -0.2) is 4.79 Å². The Bertz CT molecular complexity index is 546. The molecule has 25 heavy (non-hydrogen) atoms. The van der Waals surface area contributed by atoms with Crippen LogP contribution in [-0.4, -0.2) is 66.4 Å². The quantitative estimate of drug-likeness (QED) is 0.196. The van der Waals surface area contributed by atoms with Gasteiger partial charge in [-0.1, -0.05) is 0 Å². The minimum absolute atomic E-state index is 0.0335. The van der Waals surface area contributed by atoms with Gasteiger partial charge < -0.3 is 20.5 Å². The topological polar surface area (TPSA) is 173 Å².